The Labute approximate surface area is 516 Å². The predicted octanol–water partition coefficient (Wildman–Crippen LogP) is 25.2. The largest absolute Gasteiger partial charge is 0.462 e. The number of hydrogen-bond donors (Lipinski definition) is 0. The molecule has 0 fully saturated rings. The fourth-order valence-corrected chi connectivity index (χ4v) is 10.7. The van der Waals surface area contributed by atoms with Crippen LogP contribution in [0.1, 0.15) is 380 Å². The zero-order valence-electron chi connectivity index (χ0n) is 55.5. The van der Waals surface area contributed by atoms with Crippen molar-refractivity contribution in [3.8, 4) is 0 Å². The van der Waals surface area contributed by atoms with Crippen LogP contribution >= 0.6 is 0 Å². The molecule has 83 heavy (non-hydrogen) atoms. The van der Waals surface area contributed by atoms with Crippen molar-refractivity contribution in [2.24, 2.45) is 0 Å². The summed E-state index contributed by atoms with van der Waals surface area (Å²) < 4.78 is 17.0. The van der Waals surface area contributed by atoms with Gasteiger partial charge in [0.05, 0.1) is 0 Å². The first kappa shape index (κ1) is 79.8. The number of allylic oxidation sites excluding steroid dienone is 12. The van der Waals surface area contributed by atoms with Crippen LogP contribution < -0.4 is 0 Å². The van der Waals surface area contributed by atoms with Crippen LogP contribution in [0.15, 0.2) is 72.9 Å². The van der Waals surface area contributed by atoms with Gasteiger partial charge >= 0.3 is 17.9 Å². The highest BCUT2D eigenvalue weighted by Crippen LogP contribution is 2.18. The predicted molar refractivity (Wildman–Crippen MR) is 362 cm³/mol. The summed E-state index contributed by atoms with van der Waals surface area (Å²) in [4.78, 5) is 38.4. The maximum atomic E-state index is 12.9. The highest BCUT2D eigenvalue weighted by molar-refractivity contribution is 5.71. The minimum absolute atomic E-state index is 0.0861. The van der Waals surface area contributed by atoms with E-state index in [1.807, 2.05) is 0 Å². The van der Waals surface area contributed by atoms with Gasteiger partial charge in [-0.2, -0.15) is 0 Å². The number of unbranched alkanes of at least 4 members (excludes halogenated alkanes) is 44. The van der Waals surface area contributed by atoms with Crippen LogP contribution in [-0.2, 0) is 28.6 Å². The molecule has 1 unspecified atom stereocenters. The van der Waals surface area contributed by atoms with Gasteiger partial charge in [0.2, 0.25) is 0 Å². The molecule has 1 atom stereocenters. The lowest BCUT2D eigenvalue weighted by Gasteiger charge is -2.18. The van der Waals surface area contributed by atoms with E-state index in [0.29, 0.717) is 19.3 Å². The number of esters is 3. The Morgan fingerprint density at radius 2 is 0.470 bits per heavy atom. The second kappa shape index (κ2) is 71.3. The molecular formula is C77H138O6. The van der Waals surface area contributed by atoms with Crippen LogP contribution in [0.25, 0.3) is 0 Å². The van der Waals surface area contributed by atoms with Crippen LogP contribution in [-0.4, -0.2) is 37.2 Å². The Balaban J connectivity index is 4.23. The standard InChI is InChI=1S/C77H138O6/c1-4-7-10-13-16-19-22-25-28-30-32-33-34-35-36-37-38-39-40-41-42-43-45-46-49-52-55-58-61-64-67-70-76(79)82-73-74(72-81-75(78)69-66-63-60-57-54-51-48-27-24-21-18-15-12-9-6-3)83-77(80)71-68-65-62-59-56-53-50-47-44-31-29-26-23-20-17-14-11-8-5-2/h9,12,18,21,26-27,29-30,32,48,54,57,74H,4-8,10-11,13-17,19-20,22-25,28,31,33-47,49-53,55-56,58-73H2,1-3H3/b12-9-,21-18-,29-26-,32-30-,48-27-,57-54-. The van der Waals surface area contributed by atoms with Crippen LogP contribution in [0.4, 0.5) is 0 Å². The molecule has 0 heterocycles. The highest BCUT2D eigenvalue weighted by atomic mass is 16.6. The summed E-state index contributed by atoms with van der Waals surface area (Å²) in [5.74, 6) is -0.911. The number of hydrogen-bond acceptors (Lipinski definition) is 6. The van der Waals surface area contributed by atoms with Crippen molar-refractivity contribution in [3.63, 3.8) is 0 Å². The monoisotopic (exact) mass is 1160 g/mol. The average molecular weight is 1160 g/mol. The van der Waals surface area contributed by atoms with E-state index < -0.39 is 6.10 Å². The lowest BCUT2D eigenvalue weighted by Crippen LogP contribution is -2.30. The highest BCUT2D eigenvalue weighted by Gasteiger charge is 2.19. The maximum Gasteiger partial charge on any atom is 0.306 e. The van der Waals surface area contributed by atoms with Gasteiger partial charge in [0, 0.05) is 19.3 Å². The van der Waals surface area contributed by atoms with E-state index in [1.165, 1.54) is 257 Å². The van der Waals surface area contributed by atoms with Crippen molar-refractivity contribution in [2.45, 2.75) is 386 Å². The topological polar surface area (TPSA) is 78.9 Å². The molecule has 0 aromatic heterocycles. The molecular weight excluding hydrogens is 1020 g/mol. The van der Waals surface area contributed by atoms with Crippen LogP contribution in [0.5, 0.6) is 0 Å². The van der Waals surface area contributed by atoms with E-state index in [0.717, 1.165) is 83.5 Å². The van der Waals surface area contributed by atoms with E-state index in [1.54, 1.807) is 0 Å². The zero-order chi connectivity index (χ0) is 59.9. The molecule has 0 spiro atoms. The average Bonchev–Trinajstić information content (AvgIpc) is 3.50. The first-order chi connectivity index (χ1) is 41.0. The Morgan fingerprint density at radius 3 is 0.771 bits per heavy atom. The van der Waals surface area contributed by atoms with E-state index in [2.05, 4.69) is 93.7 Å². The van der Waals surface area contributed by atoms with Gasteiger partial charge < -0.3 is 14.2 Å². The molecule has 0 amide bonds. The minimum atomic E-state index is -0.794. The minimum Gasteiger partial charge on any atom is -0.462 e. The Hall–Kier alpha value is -3.15. The molecule has 6 heteroatoms. The normalized spacial score (nSPS) is 12.5. The molecule has 0 saturated heterocycles. The molecule has 0 aromatic rings. The van der Waals surface area contributed by atoms with E-state index in [9.17, 15) is 14.4 Å². The van der Waals surface area contributed by atoms with Crippen molar-refractivity contribution >= 4 is 17.9 Å². The summed E-state index contributed by atoms with van der Waals surface area (Å²) in [5.41, 5.74) is 0. The fourth-order valence-electron chi connectivity index (χ4n) is 10.7. The molecule has 0 aliphatic carbocycles. The van der Waals surface area contributed by atoms with Gasteiger partial charge in [-0.05, 0) is 109 Å². The van der Waals surface area contributed by atoms with Gasteiger partial charge in [-0.15, -0.1) is 0 Å². The smallest absolute Gasteiger partial charge is 0.306 e. The number of carbonyl (C=O) groups excluding carboxylic acids is 3. The van der Waals surface area contributed by atoms with E-state index in [4.69, 9.17) is 14.2 Å². The van der Waals surface area contributed by atoms with E-state index >= 15 is 0 Å². The number of ether oxygens (including phenoxy) is 3. The van der Waals surface area contributed by atoms with Gasteiger partial charge in [0.1, 0.15) is 13.2 Å². The Morgan fingerprint density at radius 1 is 0.253 bits per heavy atom. The van der Waals surface area contributed by atoms with Crippen LogP contribution in [0.2, 0.25) is 0 Å². The lowest BCUT2D eigenvalue weighted by atomic mass is 10.0. The van der Waals surface area contributed by atoms with E-state index in [-0.39, 0.29) is 31.1 Å². The maximum absolute atomic E-state index is 12.9. The van der Waals surface area contributed by atoms with Crippen molar-refractivity contribution < 1.29 is 28.6 Å². The van der Waals surface area contributed by atoms with Gasteiger partial charge in [-0.25, -0.2) is 0 Å². The van der Waals surface area contributed by atoms with Crippen molar-refractivity contribution in [3.05, 3.63) is 72.9 Å². The summed E-state index contributed by atoms with van der Waals surface area (Å²) in [6.07, 6.45) is 93.8. The van der Waals surface area contributed by atoms with Gasteiger partial charge in [-0.3, -0.25) is 14.4 Å². The van der Waals surface area contributed by atoms with Crippen LogP contribution in [0, 0.1) is 0 Å². The van der Waals surface area contributed by atoms with Gasteiger partial charge in [-0.1, -0.05) is 325 Å². The second-order valence-electron chi connectivity index (χ2n) is 24.5. The Kier molecular flexibility index (Phi) is 68.6. The molecule has 0 N–H and O–H groups in total. The van der Waals surface area contributed by atoms with Crippen molar-refractivity contribution in [2.75, 3.05) is 13.2 Å². The molecule has 482 valence electrons. The second-order valence-corrected chi connectivity index (χ2v) is 24.5. The SMILES string of the molecule is CC/C=C\C/C=C\C/C=C\C/C=C\CCCCC(=O)OCC(COC(=O)CCCCCCCCCCCCCCCCCCCCC/C=C\CCCCCCCCCC)OC(=O)CCCCCCCCCCC/C=C\CCCCCCCC. The summed E-state index contributed by atoms with van der Waals surface area (Å²) in [5, 5.41) is 0. The number of carbonyl (C=O) groups is 3. The summed E-state index contributed by atoms with van der Waals surface area (Å²) in [7, 11) is 0. The Bertz CT molecular complexity index is 1520. The van der Waals surface area contributed by atoms with Crippen LogP contribution in [0.3, 0.4) is 0 Å². The quantitative estimate of drug-likeness (QED) is 0.0261. The van der Waals surface area contributed by atoms with Crippen molar-refractivity contribution in [1.29, 1.82) is 0 Å². The zero-order valence-corrected chi connectivity index (χ0v) is 55.5. The first-order valence-electron chi connectivity index (χ1n) is 36.4. The molecule has 0 saturated carbocycles. The third-order valence-electron chi connectivity index (χ3n) is 16.2. The molecule has 0 rings (SSSR count). The molecule has 0 aromatic carbocycles. The van der Waals surface area contributed by atoms with Crippen molar-refractivity contribution in [1.82, 2.24) is 0 Å². The summed E-state index contributed by atoms with van der Waals surface area (Å²) >= 11 is 0. The summed E-state index contributed by atoms with van der Waals surface area (Å²) in [6, 6.07) is 0. The van der Waals surface area contributed by atoms with Gasteiger partial charge in [0.25, 0.3) is 0 Å². The first-order valence-corrected chi connectivity index (χ1v) is 36.4. The number of rotatable bonds is 67. The molecule has 0 aliphatic heterocycles. The lowest BCUT2D eigenvalue weighted by molar-refractivity contribution is -0.167. The van der Waals surface area contributed by atoms with Gasteiger partial charge in [0.15, 0.2) is 6.10 Å². The molecule has 0 radical (unpaired) electrons. The molecule has 0 aliphatic rings. The summed E-state index contributed by atoms with van der Waals surface area (Å²) in [6.45, 7) is 6.54. The molecule has 0 bridgehead atoms. The molecule has 6 nitrogen and oxygen atoms in total. The third kappa shape index (κ3) is 69.5. The fraction of sp³-hybridized carbons (Fsp3) is 0.805. The third-order valence-corrected chi connectivity index (χ3v) is 16.2.